The highest BCUT2D eigenvalue weighted by Crippen LogP contribution is 2.64. The molecule has 0 heterocycles. The molecule has 1 aromatic carbocycles. The van der Waals surface area contributed by atoms with Crippen molar-refractivity contribution in [1.82, 2.24) is 0 Å². The number of fused-ring (bicyclic) bond motifs is 5. The number of esters is 1. The molecule has 0 saturated heterocycles. The van der Waals surface area contributed by atoms with Crippen molar-refractivity contribution in [2.24, 2.45) is 28.6 Å². The predicted octanol–water partition coefficient (Wildman–Crippen LogP) is 5.65. The molecule has 0 spiro atoms. The fraction of sp³-hybridized carbons (Fsp3) is 0.655. The van der Waals surface area contributed by atoms with Crippen LogP contribution in [0.15, 0.2) is 35.9 Å². The summed E-state index contributed by atoms with van der Waals surface area (Å²) in [5, 5.41) is 0. The van der Waals surface area contributed by atoms with E-state index < -0.39 is 0 Å². The number of carbonyl (C=O) groups excluding carboxylic acids is 2. The fourth-order valence-electron chi connectivity index (χ4n) is 7.86. The maximum Gasteiger partial charge on any atom is 0.302 e. The van der Waals surface area contributed by atoms with E-state index in [-0.39, 0.29) is 34.9 Å². The standard InChI is InChI=1S/C29H38O5/c1-18(30)34-22-11-13-28(2)20(15-22)7-10-23-24(28)12-14-29(3)26(31)16-25(27(23)29)33-17-19-5-8-21(32-4)9-6-19/h5-9,22-25,27H,10-17H2,1-4H3/t22-,23+,24-,25+,27+,28-,29+/m0/s1. The van der Waals surface area contributed by atoms with Gasteiger partial charge in [-0.15, -0.1) is 0 Å². The van der Waals surface area contributed by atoms with Crippen LogP contribution in [0.4, 0.5) is 0 Å². The van der Waals surface area contributed by atoms with Gasteiger partial charge in [-0.05, 0) is 67.1 Å². The lowest BCUT2D eigenvalue weighted by atomic mass is 9.48. The second kappa shape index (κ2) is 8.82. The third-order valence-corrected chi connectivity index (χ3v) is 9.69. The van der Waals surface area contributed by atoms with Crippen molar-refractivity contribution >= 4 is 11.8 Å². The van der Waals surface area contributed by atoms with E-state index in [2.05, 4.69) is 19.9 Å². The van der Waals surface area contributed by atoms with Crippen molar-refractivity contribution in [3.63, 3.8) is 0 Å². The van der Waals surface area contributed by atoms with Gasteiger partial charge in [0.25, 0.3) is 0 Å². The van der Waals surface area contributed by atoms with Gasteiger partial charge in [-0.25, -0.2) is 0 Å². The first kappa shape index (κ1) is 23.6. The van der Waals surface area contributed by atoms with Crippen LogP contribution in [0.25, 0.3) is 0 Å². The van der Waals surface area contributed by atoms with Gasteiger partial charge in [-0.3, -0.25) is 9.59 Å². The van der Waals surface area contributed by atoms with Crippen LogP contribution in [-0.4, -0.2) is 31.1 Å². The number of hydrogen-bond donors (Lipinski definition) is 0. The first-order chi connectivity index (χ1) is 16.2. The molecule has 4 aliphatic carbocycles. The summed E-state index contributed by atoms with van der Waals surface area (Å²) in [4.78, 5) is 24.8. The Morgan fingerprint density at radius 3 is 2.50 bits per heavy atom. The third-order valence-electron chi connectivity index (χ3n) is 9.69. The smallest absolute Gasteiger partial charge is 0.302 e. The molecule has 0 radical (unpaired) electrons. The van der Waals surface area contributed by atoms with Gasteiger partial charge in [0.2, 0.25) is 0 Å². The lowest BCUT2D eigenvalue weighted by Crippen LogP contribution is -2.52. The fourth-order valence-corrected chi connectivity index (χ4v) is 7.86. The SMILES string of the molecule is COc1ccc(CO[C@@H]2CC(=O)[C@@]3(C)CC[C@H]4[C@@H](CC=C5C[C@@H](OC(C)=O)CC[C@@]54C)[C@H]23)cc1. The molecule has 0 aliphatic heterocycles. The zero-order valence-corrected chi connectivity index (χ0v) is 21.0. The number of methoxy groups -OCH3 is 1. The monoisotopic (exact) mass is 466 g/mol. The van der Waals surface area contributed by atoms with Crippen LogP contribution in [0.5, 0.6) is 5.75 Å². The van der Waals surface area contributed by atoms with Crippen LogP contribution in [0.1, 0.15) is 71.3 Å². The zero-order chi connectivity index (χ0) is 24.1. The summed E-state index contributed by atoms with van der Waals surface area (Å²) in [6, 6.07) is 7.99. The average molecular weight is 467 g/mol. The van der Waals surface area contributed by atoms with Gasteiger partial charge in [0.1, 0.15) is 17.6 Å². The molecule has 184 valence electrons. The molecule has 0 N–H and O–H groups in total. The van der Waals surface area contributed by atoms with Gasteiger partial charge in [0.05, 0.1) is 19.8 Å². The summed E-state index contributed by atoms with van der Waals surface area (Å²) in [6.07, 6.45) is 8.82. The molecule has 5 nitrogen and oxygen atoms in total. The van der Waals surface area contributed by atoms with E-state index in [9.17, 15) is 9.59 Å². The zero-order valence-electron chi connectivity index (χ0n) is 21.0. The lowest BCUT2D eigenvalue weighted by molar-refractivity contribution is -0.149. The predicted molar refractivity (Wildman–Crippen MR) is 129 cm³/mol. The van der Waals surface area contributed by atoms with Crippen LogP contribution in [0.3, 0.4) is 0 Å². The van der Waals surface area contributed by atoms with E-state index in [1.807, 2.05) is 24.3 Å². The van der Waals surface area contributed by atoms with Crippen LogP contribution < -0.4 is 4.74 Å². The van der Waals surface area contributed by atoms with E-state index in [4.69, 9.17) is 14.2 Å². The molecule has 3 saturated carbocycles. The Hall–Kier alpha value is -2.14. The highest BCUT2D eigenvalue weighted by Gasteiger charge is 2.62. The Morgan fingerprint density at radius 1 is 1.06 bits per heavy atom. The van der Waals surface area contributed by atoms with E-state index in [1.165, 1.54) is 12.5 Å². The largest absolute Gasteiger partial charge is 0.497 e. The number of carbonyl (C=O) groups is 2. The molecule has 0 bridgehead atoms. The van der Waals surface area contributed by atoms with E-state index in [0.29, 0.717) is 30.6 Å². The Bertz CT molecular complexity index is 981. The Morgan fingerprint density at radius 2 is 1.79 bits per heavy atom. The van der Waals surface area contributed by atoms with E-state index in [0.717, 1.165) is 49.8 Å². The highest BCUT2D eigenvalue weighted by atomic mass is 16.5. The third kappa shape index (κ3) is 3.90. The first-order valence-corrected chi connectivity index (χ1v) is 12.9. The average Bonchev–Trinajstić information content (AvgIpc) is 3.08. The number of rotatable bonds is 5. The van der Waals surface area contributed by atoms with Crippen molar-refractivity contribution in [2.45, 2.75) is 84.5 Å². The normalized spacial score (nSPS) is 38.9. The van der Waals surface area contributed by atoms with Crippen molar-refractivity contribution in [3.8, 4) is 5.75 Å². The summed E-state index contributed by atoms with van der Waals surface area (Å²) in [6.45, 7) is 6.65. The summed E-state index contributed by atoms with van der Waals surface area (Å²) in [5.41, 5.74) is 2.43. The van der Waals surface area contributed by atoms with E-state index in [1.54, 1.807) is 7.11 Å². The van der Waals surface area contributed by atoms with Crippen LogP contribution in [0, 0.1) is 28.6 Å². The van der Waals surface area contributed by atoms with Gasteiger partial charge < -0.3 is 14.2 Å². The number of hydrogen-bond acceptors (Lipinski definition) is 5. The topological polar surface area (TPSA) is 61.8 Å². The van der Waals surface area contributed by atoms with Gasteiger partial charge in [-0.1, -0.05) is 37.6 Å². The molecular formula is C29H38O5. The van der Waals surface area contributed by atoms with Crippen LogP contribution >= 0.6 is 0 Å². The second-order valence-corrected chi connectivity index (χ2v) is 11.4. The van der Waals surface area contributed by atoms with Crippen molar-refractivity contribution in [2.75, 3.05) is 7.11 Å². The molecular weight excluding hydrogens is 428 g/mol. The maximum absolute atomic E-state index is 13.3. The Labute approximate surface area is 203 Å². The summed E-state index contributed by atoms with van der Waals surface area (Å²) in [5.74, 6) is 2.32. The summed E-state index contributed by atoms with van der Waals surface area (Å²) in [7, 11) is 1.67. The quantitative estimate of drug-likeness (QED) is 0.414. The number of ketones is 1. The summed E-state index contributed by atoms with van der Waals surface area (Å²) < 4.78 is 17.3. The Balaban J connectivity index is 1.36. The van der Waals surface area contributed by atoms with Crippen molar-refractivity contribution in [1.29, 1.82) is 0 Å². The molecule has 0 unspecified atom stereocenters. The number of benzene rings is 1. The molecule has 1 aromatic rings. The van der Waals surface area contributed by atoms with Gasteiger partial charge in [0.15, 0.2) is 0 Å². The summed E-state index contributed by atoms with van der Waals surface area (Å²) >= 11 is 0. The van der Waals surface area contributed by atoms with Crippen LogP contribution in [-0.2, 0) is 25.7 Å². The first-order valence-electron chi connectivity index (χ1n) is 12.9. The lowest BCUT2D eigenvalue weighted by Gasteiger charge is -2.57. The minimum absolute atomic E-state index is 0.0101. The van der Waals surface area contributed by atoms with Gasteiger partial charge in [-0.2, -0.15) is 0 Å². The van der Waals surface area contributed by atoms with Crippen molar-refractivity contribution < 1.29 is 23.8 Å². The molecule has 5 rings (SSSR count). The van der Waals surface area contributed by atoms with Crippen LogP contribution in [0.2, 0.25) is 0 Å². The highest BCUT2D eigenvalue weighted by molar-refractivity contribution is 5.88. The number of ether oxygens (including phenoxy) is 3. The Kier molecular flexibility index (Phi) is 6.12. The van der Waals surface area contributed by atoms with Gasteiger partial charge in [0, 0.05) is 31.1 Å². The number of Topliss-reactive ketones (excluding diaryl/α,β-unsaturated/α-hetero) is 1. The second-order valence-electron chi connectivity index (χ2n) is 11.4. The minimum atomic E-state index is -0.275. The molecule has 0 amide bonds. The molecule has 7 atom stereocenters. The molecule has 4 aliphatic rings. The maximum atomic E-state index is 13.3. The molecule has 5 heteroatoms. The number of allylic oxidation sites excluding steroid dienone is 1. The van der Waals surface area contributed by atoms with Gasteiger partial charge >= 0.3 is 5.97 Å². The molecule has 34 heavy (non-hydrogen) atoms. The van der Waals surface area contributed by atoms with Crippen molar-refractivity contribution in [3.05, 3.63) is 41.5 Å². The minimum Gasteiger partial charge on any atom is -0.497 e. The van der Waals surface area contributed by atoms with E-state index >= 15 is 0 Å². The molecule has 3 fully saturated rings. The molecule has 0 aromatic heterocycles.